The maximum Gasteiger partial charge on any atom is 0.227 e. The minimum absolute atomic E-state index is 0.0906. The molecule has 0 aliphatic heterocycles. The lowest BCUT2D eigenvalue weighted by Gasteiger charge is -1.99. The molecule has 90 valence electrons. The number of aryl methyl sites for hydroxylation is 2. The van der Waals surface area contributed by atoms with E-state index in [4.69, 9.17) is 9.63 Å². The molecule has 2 aromatic rings. The van der Waals surface area contributed by atoms with Crippen molar-refractivity contribution in [2.45, 2.75) is 19.8 Å². The molecule has 0 radical (unpaired) electrons. The zero-order chi connectivity index (χ0) is 12.3. The molecule has 17 heavy (non-hydrogen) atoms. The van der Waals surface area contributed by atoms with Crippen molar-refractivity contribution in [1.82, 2.24) is 10.1 Å². The minimum atomic E-state index is -0.282. The van der Waals surface area contributed by atoms with Crippen LogP contribution in [0.15, 0.2) is 22.7 Å². The van der Waals surface area contributed by atoms with E-state index in [9.17, 15) is 4.39 Å². The van der Waals surface area contributed by atoms with Crippen LogP contribution in [0.4, 0.5) is 4.39 Å². The van der Waals surface area contributed by atoms with Crippen molar-refractivity contribution in [1.29, 1.82) is 0 Å². The first-order valence-corrected chi connectivity index (χ1v) is 5.40. The summed E-state index contributed by atoms with van der Waals surface area (Å²) in [6.45, 7) is 1.88. The van der Waals surface area contributed by atoms with Gasteiger partial charge in [-0.3, -0.25) is 0 Å². The Labute approximate surface area is 98.1 Å². The van der Waals surface area contributed by atoms with Crippen LogP contribution < -0.4 is 0 Å². The van der Waals surface area contributed by atoms with Gasteiger partial charge in [-0.1, -0.05) is 5.16 Å². The molecular formula is C12H13FN2O2. The van der Waals surface area contributed by atoms with Crippen LogP contribution in [0.1, 0.15) is 17.9 Å². The third kappa shape index (κ3) is 2.68. The van der Waals surface area contributed by atoms with E-state index in [2.05, 4.69) is 10.1 Å². The second kappa shape index (κ2) is 5.05. The molecule has 1 N–H and O–H groups in total. The third-order valence-electron chi connectivity index (χ3n) is 2.45. The molecule has 0 bridgehead atoms. The van der Waals surface area contributed by atoms with Gasteiger partial charge in [-0.25, -0.2) is 4.39 Å². The van der Waals surface area contributed by atoms with Gasteiger partial charge in [-0.05, 0) is 37.1 Å². The van der Waals surface area contributed by atoms with Crippen molar-refractivity contribution < 1.29 is 14.0 Å². The summed E-state index contributed by atoms with van der Waals surface area (Å²) in [6, 6.07) is 4.43. The number of halogens is 1. The van der Waals surface area contributed by atoms with E-state index in [0.717, 1.165) is 11.1 Å². The van der Waals surface area contributed by atoms with Gasteiger partial charge in [-0.2, -0.15) is 4.98 Å². The van der Waals surface area contributed by atoms with Crippen LogP contribution in [0.2, 0.25) is 0 Å². The van der Waals surface area contributed by atoms with E-state index < -0.39 is 0 Å². The Kier molecular flexibility index (Phi) is 3.49. The second-order valence-corrected chi connectivity index (χ2v) is 3.80. The molecule has 0 unspecified atom stereocenters. The van der Waals surface area contributed by atoms with Gasteiger partial charge in [0, 0.05) is 18.6 Å². The van der Waals surface area contributed by atoms with Crippen molar-refractivity contribution >= 4 is 0 Å². The quantitative estimate of drug-likeness (QED) is 0.883. The number of aliphatic hydroxyl groups is 1. The fourth-order valence-corrected chi connectivity index (χ4v) is 1.57. The summed E-state index contributed by atoms with van der Waals surface area (Å²) >= 11 is 0. The number of benzene rings is 1. The smallest absolute Gasteiger partial charge is 0.227 e. The van der Waals surface area contributed by atoms with E-state index in [1.165, 1.54) is 12.1 Å². The Balaban J connectivity index is 2.24. The number of hydrogen-bond acceptors (Lipinski definition) is 4. The molecule has 0 fully saturated rings. The predicted octanol–water partition coefficient (Wildman–Crippen LogP) is 2.11. The molecule has 0 saturated heterocycles. The molecule has 1 aromatic heterocycles. The van der Waals surface area contributed by atoms with Crippen LogP contribution in [-0.2, 0) is 6.42 Å². The first-order chi connectivity index (χ1) is 8.20. The summed E-state index contributed by atoms with van der Waals surface area (Å²) < 4.78 is 18.0. The van der Waals surface area contributed by atoms with E-state index in [1.807, 2.05) is 0 Å². The summed E-state index contributed by atoms with van der Waals surface area (Å²) in [7, 11) is 0. The summed E-state index contributed by atoms with van der Waals surface area (Å²) in [5, 5.41) is 12.5. The number of nitrogens with zero attached hydrogens (tertiary/aromatic N) is 2. The topological polar surface area (TPSA) is 59.2 Å². The molecule has 0 spiro atoms. The normalized spacial score (nSPS) is 10.8. The van der Waals surface area contributed by atoms with E-state index >= 15 is 0 Å². The average molecular weight is 236 g/mol. The molecule has 0 aliphatic rings. The predicted molar refractivity (Wildman–Crippen MR) is 59.8 cm³/mol. The SMILES string of the molecule is Cc1cc(F)ccc1-c1noc(CCCO)n1. The monoisotopic (exact) mass is 236 g/mol. The lowest BCUT2D eigenvalue weighted by molar-refractivity contribution is 0.278. The number of rotatable bonds is 4. The Morgan fingerprint density at radius 2 is 2.24 bits per heavy atom. The number of aromatic nitrogens is 2. The van der Waals surface area contributed by atoms with Crippen LogP contribution in [0.3, 0.4) is 0 Å². The van der Waals surface area contributed by atoms with E-state index in [1.54, 1.807) is 13.0 Å². The number of hydrogen-bond donors (Lipinski definition) is 1. The van der Waals surface area contributed by atoms with Gasteiger partial charge in [0.1, 0.15) is 5.82 Å². The molecule has 1 aromatic carbocycles. The van der Waals surface area contributed by atoms with Crippen molar-refractivity contribution in [3.63, 3.8) is 0 Å². The van der Waals surface area contributed by atoms with Gasteiger partial charge >= 0.3 is 0 Å². The summed E-state index contributed by atoms with van der Waals surface area (Å²) in [5.41, 5.74) is 1.52. The Morgan fingerprint density at radius 3 is 2.94 bits per heavy atom. The fraction of sp³-hybridized carbons (Fsp3) is 0.333. The molecule has 0 amide bonds. The maximum atomic E-state index is 12.9. The van der Waals surface area contributed by atoms with E-state index in [0.29, 0.717) is 24.6 Å². The highest BCUT2D eigenvalue weighted by Gasteiger charge is 2.10. The highest BCUT2D eigenvalue weighted by Crippen LogP contribution is 2.21. The highest BCUT2D eigenvalue weighted by atomic mass is 19.1. The van der Waals surface area contributed by atoms with Gasteiger partial charge in [0.2, 0.25) is 11.7 Å². The second-order valence-electron chi connectivity index (χ2n) is 3.80. The molecule has 0 aliphatic carbocycles. The average Bonchev–Trinajstić information content (AvgIpc) is 2.75. The Bertz CT molecular complexity index is 511. The van der Waals surface area contributed by atoms with Crippen molar-refractivity contribution in [3.8, 4) is 11.4 Å². The van der Waals surface area contributed by atoms with Crippen LogP contribution in [0.5, 0.6) is 0 Å². The van der Waals surface area contributed by atoms with Crippen LogP contribution in [0.25, 0.3) is 11.4 Å². The lowest BCUT2D eigenvalue weighted by Crippen LogP contribution is -1.90. The van der Waals surface area contributed by atoms with Crippen molar-refractivity contribution in [3.05, 3.63) is 35.5 Å². The summed E-state index contributed by atoms with van der Waals surface area (Å²) in [5.74, 6) is 0.656. The van der Waals surface area contributed by atoms with Gasteiger partial charge in [0.25, 0.3) is 0 Å². The highest BCUT2D eigenvalue weighted by molar-refractivity contribution is 5.59. The lowest BCUT2D eigenvalue weighted by atomic mass is 10.1. The van der Waals surface area contributed by atoms with Gasteiger partial charge < -0.3 is 9.63 Å². The molecule has 4 nitrogen and oxygen atoms in total. The standard InChI is InChI=1S/C12H13FN2O2/c1-8-7-9(13)4-5-10(8)12-14-11(17-15-12)3-2-6-16/h4-5,7,16H,2-3,6H2,1H3. The third-order valence-corrected chi connectivity index (χ3v) is 2.45. The Hall–Kier alpha value is -1.75. The van der Waals surface area contributed by atoms with Gasteiger partial charge in [0.15, 0.2) is 0 Å². The molecule has 5 heteroatoms. The summed E-state index contributed by atoms with van der Waals surface area (Å²) in [6.07, 6.45) is 1.13. The molecule has 2 rings (SSSR count). The fourth-order valence-electron chi connectivity index (χ4n) is 1.57. The van der Waals surface area contributed by atoms with Crippen molar-refractivity contribution in [2.75, 3.05) is 6.61 Å². The van der Waals surface area contributed by atoms with Crippen LogP contribution in [0, 0.1) is 12.7 Å². The van der Waals surface area contributed by atoms with Crippen molar-refractivity contribution in [2.24, 2.45) is 0 Å². The molecule has 0 atom stereocenters. The minimum Gasteiger partial charge on any atom is -0.396 e. The zero-order valence-electron chi connectivity index (χ0n) is 9.48. The van der Waals surface area contributed by atoms with Gasteiger partial charge in [-0.15, -0.1) is 0 Å². The first-order valence-electron chi connectivity index (χ1n) is 5.40. The van der Waals surface area contributed by atoms with Crippen LogP contribution >= 0.6 is 0 Å². The Morgan fingerprint density at radius 1 is 1.41 bits per heavy atom. The molecule has 1 heterocycles. The maximum absolute atomic E-state index is 12.9. The van der Waals surface area contributed by atoms with Crippen LogP contribution in [-0.4, -0.2) is 21.9 Å². The van der Waals surface area contributed by atoms with Gasteiger partial charge in [0.05, 0.1) is 0 Å². The number of aliphatic hydroxyl groups excluding tert-OH is 1. The largest absolute Gasteiger partial charge is 0.396 e. The summed E-state index contributed by atoms with van der Waals surface area (Å²) in [4.78, 5) is 4.20. The molecular weight excluding hydrogens is 223 g/mol. The van der Waals surface area contributed by atoms with E-state index in [-0.39, 0.29) is 12.4 Å². The zero-order valence-corrected chi connectivity index (χ0v) is 9.48. The molecule has 0 saturated carbocycles. The first kappa shape index (κ1) is 11.7.